The lowest BCUT2D eigenvalue weighted by atomic mass is 9.99. The number of guanidine groups is 1. The summed E-state index contributed by atoms with van der Waals surface area (Å²) in [6.45, 7) is 1.41. The van der Waals surface area contributed by atoms with E-state index in [2.05, 4.69) is 10.3 Å². The van der Waals surface area contributed by atoms with Crippen LogP contribution in [0, 0.1) is 11.6 Å². The van der Waals surface area contributed by atoms with E-state index in [-0.39, 0.29) is 12.5 Å². The lowest BCUT2D eigenvalue weighted by Crippen LogP contribution is -2.47. The lowest BCUT2D eigenvalue weighted by molar-refractivity contribution is -0.127. The summed E-state index contributed by atoms with van der Waals surface area (Å²) < 4.78 is 27.7. The van der Waals surface area contributed by atoms with Crippen molar-refractivity contribution in [3.05, 3.63) is 70.8 Å². The molecule has 1 N–H and O–H groups in total. The maximum absolute atomic E-state index is 14.0. The van der Waals surface area contributed by atoms with Crippen molar-refractivity contribution < 1.29 is 13.6 Å². The van der Waals surface area contributed by atoms with E-state index in [1.54, 1.807) is 14.1 Å². The first-order chi connectivity index (χ1) is 13.4. The summed E-state index contributed by atoms with van der Waals surface area (Å²) in [7, 11) is 3.38. The van der Waals surface area contributed by atoms with Crippen LogP contribution >= 0.6 is 0 Å². The molecule has 1 aliphatic rings. The fourth-order valence-corrected chi connectivity index (χ4v) is 3.12. The van der Waals surface area contributed by atoms with Crippen LogP contribution in [0.15, 0.2) is 47.5 Å². The minimum absolute atomic E-state index is 0.0816. The Balaban J connectivity index is 1.80. The number of benzene rings is 2. The van der Waals surface area contributed by atoms with Crippen molar-refractivity contribution in [2.75, 3.05) is 27.2 Å². The molecule has 5 nitrogen and oxygen atoms in total. The number of likely N-dealkylation sites (N-methyl/N-ethyl adjacent to an activating group) is 1. The molecule has 1 amide bonds. The van der Waals surface area contributed by atoms with Gasteiger partial charge in [-0.05, 0) is 29.2 Å². The SMILES string of the molecule is CN(C)C(=O)CNC(=NCc1ccccc1)N1CCc2c(F)cc(F)cc2C1. The molecule has 3 rings (SSSR count). The predicted octanol–water partition coefficient (Wildman–Crippen LogP) is 2.56. The number of fused-ring (bicyclic) bond motifs is 1. The van der Waals surface area contributed by atoms with Gasteiger partial charge in [0.2, 0.25) is 5.91 Å². The second-order valence-corrected chi connectivity index (χ2v) is 6.96. The Morgan fingerprint density at radius 1 is 1.21 bits per heavy atom. The number of nitrogens with one attached hydrogen (secondary N) is 1. The van der Waals surface area contributed by atoms with E-state index < -0.39 is 11.6 Å². The molecular formula is C21H24F2N4O. The van der Waals surface area contributed by atoms with Gasteiger partial charge in [-0.1, -0.05) is 30.3 Å². The van der Waals surface area contributed by atoms with Gasteiger partial charge in [0.1, 0.15) is 11.6 Å². The number of aliphatic imine (C=N–C) groups is 1. The molecule has 0 saturated heterocycles. The Morgan fingerprint density at radius 3 is 2.68 bits per heavy atom. The van der Waals surface area contributed by atoms with E-state index in [4.69, 9.17) is 0 Å². The summed E-state index contributed by atoms with van der Waals surface area (Å²) in [5, 5.41) is 3.10. The van der Waals surface area contributed by atoms with Gasteiger partial charge in [-0.2, -0.15) is 0 Å². The number of carbonyl (C=O) groups excluding carboxylic acids is 1. The largest absolute Gasteiger partial charge is 0.347 e. The van der Waals surface area contributed by atoms with Crippen LogP contribution in [-0.4, -0.2) is 48.9 Å². The molecule has 1 heterocycles. The average molecular weight is 386 g/mol. The van der Waals surface area contributed by atoms with Crippen molar-refractivity contribution >= 4 is 11.9 Å². The lowest BCUT2D eigenvalue weighted by Gasteiger charge is -2.32. The fourth-order valence-electron chi connectivity index (χ4n) is 3.12. The first kappa shape index (κ1) is 19.8. The van der Waals surface area contributed by atoms with Gasteiger partial charge in [-0.25, -0.2) is 13.8 Å². The van der Waals surface area contributed by atoms with Gasteiger partial charge < -0.3 is 15.1 Å². The van der Waals surface area contributed by atoms with Gasteiger partial charge in [0, 0.05) is 33.3 Å². The molecular weight excluding hydrogens is 362 g/mol. The minimum Gasteiger partial charge on any atom is -0.347 e. The van der Waals surface area contributed by atoms with Crippen molar-refractivity contribution in [1.82, 2.24) is 15.1 Å². The van der Waals surface area contributed by atoms with E-state index in [9.17, 15) is 13.6 Å². The van der Waals surface area contributed by atoms with E-state index in [1.807, 2.05) is 35.2 Å². The molecule has 1 aliphatic heterocycles. The molecule has 7 heteroatoms. The molecule has 0 radical (unpaired) electrons. The van der Waals surface area contributed by atoms with Crippen LogP contribution in [0.25, 0.3) is 0 Å². The van der Waals surface area contributed by atoms with Crippen molar-refractivity contribution in [3.8, 4) is 0 Å². The summed E-state index contributed by atoms with van der Waals surface area (Å²) in [6, 6.07) is 12.1. The molecule has 2 aromatic rings. The summed E-state index contributed by atoms with van der Waals surface area (Å²) >= 11 is 0. The van der Waals surface area contributed by atoms with Crippen molar-refractivity contribution in [2.24, 2.45) is 4.99 Å². The Labute approximate surface area is 163 Å². The van der Waals surface area contributed by atoms with Crippen LogP contribution in [0.3, 0.4) is 0 Å². The monoisotopic (exact) mass is 386 g/mol. The summed E-state index contributed by atoms with van der Waals surface area (Å²) in [4.78, 5) is 20.0. The first-order valence-electron chi connectivity index (χ1n) is 9.18. The minimum atomic E-state index is -0.586. The highest BCUT2D eigenvalue weighted by Gasteiger charge is 2.23. The molecule has 0 unspecified atom stereocenters. The highest BCUT2D eigenvalue weighted by atomic mass is 19.1. The topological polar surface area (TPSA) is 47.9 Å². The zero-order valence-corrected chi connectivity index (χ0v) is 16.1. The molecule has 0 atom stereocenters. The third-order valence-electron chi connectivity index (χ3n) is 4.70. The predicted molar refractivity (Wildman–Crippen MR) is 105 cm³/mol. The Kier molecular flexibility index (Phi) is 6.23. The van der Waals surface area contributed by atoms with Crippen molar-refractivity contribution in [3.63, 3.8) is 0 Å². The van der Waals surface area contributed by atoms with Gasteiger partial charge in [-0.3, -0.25) is 4.79 Å². The summed E-state index contributed by atoms with van der Waals surface area (Å²) in [5.74, 6) is -0.624. The fraction of sp³-hybridized carbons (Fsp3) is 0.333. The van der Waals surface area contributed by atoms with Crippen LogP contribution in [0.4, 0.5) is 8.78 Å². The Hall–Kier alpha value is -2.96. The zero-order chi connectivity index (χ0) is 20.1. The van der Waals surface area contributed by atoms with Crippen molar-refractivity contribution in [2.45, 2.75) is 19.5 Å². The van der Waals surface area contributed by atoms with E-state index >= 15 is 0 Å². The number of carbonyl (C=O) groups is 1. The molecule has 0 fully saturated rings. The molecule has 0 spiro atoms. The average Bonchev–Trinajstić information content (AvgIpc) is 2.68. The summed E-state index contributed by atoms with van der Waals surface area (Å²) in [5.41, 5.74) is 2.19. The van der Waals surface area contributed by atoms with Gasteiger partial charge in [0.25, 0.3) is 0 Å². The Morgan fingerprint density at radius 2 is 1.96 bits per heavy atom. The normalized spacial score (nSPS) is 13.9. The van der Waals surface area contributed by atoms with E-state index in [1.165, 1.54) is 11.0 Å². The maximum Gasteiger partial charge on any atom is 0.241 e. The van der Waals surface area contributed by atoms with Gasteiger partial charge >= 0.3 is 0 Å². The van der Waals surface area contributed by atoms with Gasteiger partial charge in [0.15, 0.2) is 5.96 Å². The number of hydrogen-bond acceptors (Lipinski definition) is 2. The van der Waals surface area contributed by atoms with Crippen LogP contribution < -0.4 is 5.32 Å². The number of nitrogens with zero attached hydrogens (tertiary/aromatic N) is 3. The smallest absolute Gasteiger partial charge is 0.241 e. The summed E-state index contributed by atoms with van der Waals surface area (Å²) in [6.07, 6.45) is 0.453. The van der Waals surface area contributed by atoms with Gasteiger partial charge in [0.05, 0.1) is 13.1 Å². The van der Waals surface area contributed by atoms with E-state index in [0.29, 0.717) is 43.1 Å². The number of halogens is 2. The quantitative estimate of drug-likeness (QED) is 0.649. The van der Waals surface area contributed by atoms with E-state index in [0.717, 1.165) is 11.6 Å². The highest BCUT2D eigenvalue weighted by Crippen LogP contribution is 2.23. The number of hydrogen-bond donors (Lipinski definition) is 1. The molecule has 0 bridgehead atoms. The third-order valence-corrected chi connectivity index (χ3v) is 4.70. The van der Waals surface area contributed by atoms with Crippen LogP contribution in [0.5, 0.6) is 0 Å². The number of amides is 1. The maximum atomic E-state index is 14.0. The molecule has 2 aromatic carbocycles. The molecule has 148 valence electrons. The van der Waals surface area contributed by atoms with Crippen molar-refractivity contribution in [1.29, 1.82) is 0 Å². The molecule has 0 aromatic heterocycles. The second-order valence-electron chi connectivity index (χ2n) is 6.96. The van der Waals surface area contributed by atoms with Crippen LogP contribution in [0.2, 0.25) is 0 Å². The van der Waals surface area contributed by atoms with Gasteiger partial charge in [-0.15, -0.1) is 0 Å². The van der Waals surface area contributed by atoms with Crippen LogP contribution in [-0.2, 0) is 24.3 Å². The standard InChI is InChI=1S/C21H24F2N4O/c1-26(2)20(28)13-25-21(24-12-15-6-4-3-5-7-15)27-9-8-18-16(14-27)10-17(22)11-19(18)23/h3-7,10-11H,8-9,12-14H2,1-2H3,(H,24,25). The zero-order valence-electron chi connectivity index (χ0n) is 16.1. The molecule has 0 saturated carbocycles. The molecule has 0 aliphatic carbocycles. The Bertz CT molecular complexity index is 868. The van der Waals surface area contributed by atoms with Crippen LogP contribution in [0.1, 0.15) is 16.7 Å². The molecule has 28 heavy (non-hydrogen) atoms. The number of rotatable bonds is 4. The second kappa shape index (κ2) is 8.82. The highest BCUT2D eigenvalue weighted by molar-refractivity contribution is 5.86. The third kappa shape index (κ3) is 4.85. The first-order valence-corrected chi connectivity index (χ1v) is 9.18.